The van der Waals surface area contributed by atoms with Gasteiger partial charge >= 0.3 is 0 Å². The van der Waals surface area contributed by atoms with Gasteiger partial charge < -0.3 is 20.9 Å². The second kappa shape index (κ2) is 8.44. The zero-order valence-corrected chi connectivity index (χ0v) is 18.1. The minimum absolute atomic E-state index is 0.0708. The number of rotatable bonds is 4. The molecule has 2 atom stereocenters. The molecule has 0 unspecified atom stereocenters. The van der Waals surface area contributed by atoms with E-state index in [4.69, 9.17) is 20.9 Å². The number of ether oxygens (including phenoxy) is 2. The summed E-state index contributed by atoms with van der Waals surface area (Å²) in [4.78, 5) is 24.9. The number of carbonyl (C=O) groups excluding carboxylic acids is 2. The van der Waals surface area contributed by atoms with Crippen LogP contribution in [0.4, 0.5) is 0 Å². The monoisotopic (exact) mass is 430 g/mol. The van der Waals surface area contributed by atoms with Crippen molar-refractivity contribution in [3.8, 4) is 12.1 Å². The maximum absolute atomic E-state index is 12.4. The van der Waals surface area contributed by atoms with Crippen LogP contribution in [0.3, 0.4) is 0 Å². The number of carbonyl (C=O) groups is 2. The molecule has 1 aromatic carbocycles. The van der Waals surface area contributed by atoms with Gasteiger partial charge in [0.15, 0.2) is 11.6 Å². The van der Waals surface area contributed by atoms with E-state index < -0.39 is 11.8 Å². The Balaban J connectivity index is 2.25. The molecule has 1 aromatic rings. The quantitative estimate of drug-likeness (QED) is 0.739. The van der Waals surface area contributed by atoms with Gasteiger partial charge in [-0.05, 0) is 38.8 Å². The molecule has 32 heavy (non-hydrogen) atoms. The van der Waals surface area contributed by atoms with E-state index in [2.05, 4.69) is 0 Å². The molecule has 0 aliphatic carbocycles. The van der Waals surface area contributed by atoms with Gasteiger partial charge in [0, 0.05) is 11.1 Å². The van der Waals surface area contributed by atoms with E-state index >= 15 is 0 Å². The number of ketones is 2. The molecule has 4 N–H and O–H groups in total. The minimum atomic E-state index is -0.747. The summed E-state index contributed by atoms with van der Waals surface area (Å²) in [6.45, 7) is 6.02. The molecule has 2 aliphatic heterocycles. The summed E-state index contributed by atoms with van der Waals surface area (Å²) in [6.07, 6.45) is 0. The number of nitrogens with zero attached hydrogens (tertiary/aromatic N) is 2. The predicted octanol–water partition coefficient (Wildman–Crippen LogP) is 3.03. The number of Topliss-reactive ketones (excluding diaryl/α,β-unsaturated/α-hetero) is 2. The highest BCUT2D eigenvalue weighted by Gasteiger charge is 2.36. The van der Waals surface area contributed by atoms with Crippen LogP contribution in [0.2, 0.25) is 0 Å². The van der Waals surface area contributed by atoms with E-state index in [1.165, 1.54) is 13.8 Å². The van der Waals surface area contributed by atoms with Gasteiger partial charge in [-0.3, -0.25) is 9.59 Å². The van der Waals surface area contributed by atoms with E-state index in [0.717, 1.165) is 0 Å². The van der Waals surface area contributed by atoms with E-state index in [9.17, 15) is 20.1 Å². The average molecular weight is 430 g/mol. The second-order valence-electron chi connectivity index (χ2n) is 7.57. The van der Waals surface area contributed by atoms with Crippen molar-refractivity contribution < 1.29 is 19.1 Å². The fourth-order valence-corrected chi connectivity index (χ4v) is 4.26. The molecule has 0 amide bonds. The number of hydrogen-bond acceptors (Lipinski definition) is 8. The van der Waals surface area contributed by atoms with E-state index in [0.29, 0.717) is 33.8 Å². The predicted molar refractivity (Wildman–Crippen MR) is 115 cm³/mol. The number of hydrogen-bond donors (Lipinski definition) is 2. The summed E-state index contributed by atoms with van der Waals surface area (Å²) in [7, 11) is 0. The third-order valence-corrected chi connectivity index (χ3v) is 5.55. The van der Waals surface area contributed by atoms with Crippen LogP contribution in [0.1, 0.15) is 50.7 Å². The van der Waals surface area contributed by atoms with Gasteiger partial charge in [-0.25, -0.2) is 0 Å². The summed E-state index contributed by atoms with van der Waals surface area (Å²) >= 11 is 0. The molecule has 0 spiro atoms. The van der Waals surface area contributed by atoms with Gasteiger partial charge in [0.2, 0.25) is 11.8 Å². The van der Waals surface area contributed by atoms with Gasteiger partial charge in [0.1, 0.15) is 34.8 Å². The Labute approximate surface area is 185 Å². The average Bonchev–Trinajstić information content (AvgIpc) is 2.72. The van der Waals surface area contributed by atoms with E-state index in [1.807, 2.05) is 12.1 Å². The first-order valence-corrected chi connectivity index (χ1v) is 9.80. The van der Waals surface area contributed by atoms with Crippen LogP contribution in [0.15, 0.2) is 69.8 Å². The lowest BCUT2D eigenvalue weighted by Gasteiger charge is -2.29. The zero-order chi connectivity index (χ0) is 23.7. The summed E-state index contributed by atoms with van der Waals surface area (Å²) in [5.41, 5.74) is 13.9. The molecular formula is C24H22N4O4. The summed E-state index contributed by atoms with van der Waals surface area (Å²) in [6, 6.07) is 11.1. The molecule has 8 nitrogen and oxygen atoms in total. The van der Waals surface area contributed by atoms with Gasteiger partial charge in [-0.2, -0.15) is 10.5 Å². The summed E-state index contributed by atoms with van der Waals surface area (Å²) in [5, 5.41) is 19.4. The number of nitrogens with two attached hydrogens (primary N) is 2. The van der Waals surface area contributed by atoms with Crippen molar-refractivity contribution in [2.24, 2.45) is 11.5 Å². The van der Waals surface area contributed by atoms with Crippen LogP contribution in [-0.4, -0.2) is 11.6 Å². The van der Waals surface area contributed by atoms with Crippen molar-refractivity contribution in [2.75, 3.05) is 0 Å². The van der Waals surface area contributed by atoms with Gasteiger partial charge in [-0.1, -0.05) is 24.3 Å². The maximum Gasteiger partial charge on any atom is 0.205 e. The van der Waals surface area contributed by atoms with Crippen molar-refractivity contribution in [1.29, 1.82) is 10.5 Å². The fraction of sp³-hybridized carbons (Fsp3) is 0.250. The number of nitriles is 2. The minimum Gasteiger partial charge on any atom is -0.445 e. The SMILES string of the molecule is CC(=O)C1=C(C)OC(N)=C(C#N)[C@@H]1c1cccc([C@H]2C(C#N)=C(N)OC(C)=C2C(C)=O)c1. The molecule has 2 heterocycles. The Morgan fingerprint density at radius 2 is 1.22 bits per heavy atom. The highest BCUT2D eigenvalue weighted by atomic mass is 16.5. The Hall–Kier alpha value is -4.30. The lowest BCUT2D eigenvalue weighted by atomic mass is 9.77. The molecule has 0 bridgehead atoms. The van der Waals surface area contributed by atoms with Crippen LogP contribution < -0.4 is 11.5 Å². The normalized spacial score (nSPS) is 20.9. The van der Waals surface area contributed by atoms with Crippen LogP contribution in [-0.2, 0) is 19.1 Å². The maximum atomic E-state index is 12.4. The smallest absolute Gasteiger partial charge is 0.205 e. The third kappa shape index (κ3) is 3.63. The molecule has 2 aliphatic rings. The van der Waals surface area contributed by atoms with Crippen molar-refractivity contribution in [1.82, 2.24) is 0 Å². The van der Waals surface area contributed by atoms with Gasteiger partial charge in [-0.15, -0.1) is 0 Å². The molecule has 3 rings (SSSR count). The molecule has 0 fully saturated rings. The number of allylic oxidation sites excluding steroid dienone is 6. The van der Waals surface area contributed by atoms with E-state index in [-0.39, 0.29) is 34.5 Å². The standard InChI is InChI=1S/C24H22N4O4/c1-11(29)19-13(3)31-23(27)17(9-25)21(19)15-6-5-7-16(8-15)22-18(10-26)24(28)32-14(4)20(22)12(2)30/h5-8,21-22H,27-28H2,1-4H3/t21-,22-/m0/s1. The largest absolute Gasteiger partial charge is 0.445 e. The van der Waals surface area contributed by atoms with Gasteiger partial charge in [0.25, 0.3) is 0 Å². The molecular weight excluding hydrogens is 408 g/mol. The summed E-state index contributed by atoms with van der Waals surface area (Å²) < 4.78 is 10.9. The molecule has 8 heteroatoms. The highest BCUT2D eigenvalue weighted by molar-refractivity contribution is 5.97. The first-order valence-electron chi connectivity index (χ1n) is 9.80. The summed E-state index contributed by atoms with van der Waals surface area (Å²) in [5.74, 6) is -1.52. The van der Waals surface area contributed by atoms with Crippen molar-refractivity contribution in [2.45, 2.75) is 39.5 Å². The lowest BCUT2D eigenvalue weighted by Crippen LogP contribution is -2.25. The highest BCUT2D eigenvalue weighted by Crippen LogP contribution is 2.43. The van der Waals surface area contributed by atoms with Crippen molar-refractivity contribution >= 4 is 11.6 Å². The Kier molecular flexibility index (Phi) is 5.91. The first kappa shape index (κ1) is 22.4. The Bertz CT molecular complexity index is 1160. The first-order chi connectivity index (χ1) is 15.1. The van der Waals surface area contributed by atoms with E-state index in [1.54, 1.807) is 38.1 Å². The molecule has 0 saturated carbocycles. The fourth-order valence-electron chi connectivity index (χ4n) is 4.26. The molecule has 0 radical (unpaired) electrons. The molecule has 0 aromatic heterocycles. The van der Waals surface area contributed by atoms with Crippen LogP contribution in [0.25, 0.3) is 0 Å². The zero-order valence-electron chi connectivity index (χ0n) is 18.1. The second-order valence-corrected chi connectivity index (χ2v) is 7.57. The topological polar surface area (TPSA) is 152 Å². The lowest BCUT2D eigenvalue weighted by molar-refractivity contribution is -0.114. The molecule has 0 saturated heterocycles. The van der Waals surface area contributed by atoms with Crippen LogP contribution >= 0.6 is 0 Å². The molecule has 162 valence electrons. The van der Waals surface area contributed by atoms with Crippen molar-refractivity contribution in [3.05, 3.63) is 81.0 Å². The van der Waals surface area contributed by atoms with Crippen LogP contribution in [0.5, 0.6) is 0 Å². The Morgan fingerprint density at radius 1 is 0.844 bits per heavy atom. The van der Waals surface area contributed by atoms with Crippen LogP contribution in [0, 0.1) is 22.7 Å². The third-order valence-electron chi connectivity index (χ3n) is 5.55. The Morgan fingerprint density at radius 3 is 1.53 bits per heavy atom. The van der Waals surface area contributed by atoms with Crippen molar-refractivity contribution in [3.63, 3.8) is 0 Å². The number of benzene rings is 1. The van der Waals surface area contributed by atoms with Gasteiger partial charge in [0.05, 0.1) is 11.8 Å².